The van der Waals surface area contributed by atoms with Crippen LogP contribution in [0.15, 0.2) is 12.2 Å². The maximum Gasteiger partial charge on any atom is 0.0993 e. The number of rotatable bonds is 15. The zero-order valence-electron chi connectivity index (χ0n) is 14.4. The highest BCUT2D eigenvalue weighted by Crippen LogP contribution is 2.25. The number of allylic oxidation sites excluding steroid dienone is 2. The lowest BCUT2D eigenvalue weighted by Crippen LogP contribution is -2.17. The Bertz CT molecular complexity index is 230. The first-order chi connectivity index (χ1) is 10.4. The molecule has 0 bridgehead atoms. The molecule has 0 atom stereocenters. The molecular formula is C20H37O. The fourth-order valence-corrected chi connectivity index (χ4v) is 2.84. The van der Waals surface area contributed by atoms with Crippen molar-refractivity contribution in [3.05, 3.63) is 18.3 Å². The van der Waals surface area contributed by atoms with Crippen molar-refractivity contribution >= 4 is 0 Å². The Labute approximate surface area is 133 Å². The summed E-state index contributed by atoms with van der Waals surface area (Å²) < 4.78 is 5.36. The predicted molar refractivity (Wildman–Crippen MR) is 93.3 cm³/mol. The highest BCUT2D eigenvalue weighted by atomic mass is 16.5. The molecule has 0 aromatic heterocycles. The predicted octanol–water partition coefficient (Wildman–Crippen LogP) is 6.98. The van der Waals surface area contributed by atoms with E-state index in [1.54, 1.807) is 0 Å². The quantitative estimate of drug-likeness (QED) is 0.234. The number of hydrogen-bond acceptors (Lipinski definition) is 1. The van der Waals surface area contributed by atoms with E-state index in [-0.39, 0.29) is 0 Å². The summed E-state index contributed by atoms with van der Waals surface area (Å²) in [5.41, 5.74) is 0. The molecule has 123 valence electrons. The highest BCUT2D eigenvalue weighted by molar-refractivity contribution is 4.85. The second-order valence-electron chi connectivity index (χ2n) is 6.47. The molecule has 1 saturated heterocycles. The Morgan fingerprint density at radius 3 is 1.81 bits per heavy atom. The van der Waals surface area contributed by atoms with Gasteiger partial charge in [0.1, 0.15) is 0 Å². The van der Waals surface area contributed by atoms with Gasteiger partial charge in [0.2, 0.25) is 0 Å². The second kappa shape index (κ2) is 14.6. The van der Waals surface area contributed by atoms with Gasteiger partial charge in [-0.05, 0) is 32.1 Å². The first-order valence-corrected chi connectivity index (χ1v) is 9.56. The van der Waals surface area contributed by atoms with Crippen LogP contribution in [0.1, 0.15) is 103 Å². The molecular weight excluding hydrogens is 256 g/mol. The number of ether oxygens (including phenoxy) is 1. The molecule has 1 nitrogen and oxygen atoms in total. The molecule has 1 heteroatoms. The molecule has 1 aliphatic heterocycles. The number of hydrogen-bond donors (Lipinski definition) is 0. The van der Waals surface area contributed by atoms with E-state index in [0.29, 0.717) is 0 Å². The van der Waals surface area contributed by atoms with Crippen LogP contribution >= 0.6 is 0 Å². The van der Waals surface area contributed by atoms with E-state index in [2.05, 4.69) is 19.1 Å². The van der Waals surface area contributed by atoms with Crippen LogP contribution < -0.4 is 0 Å². The van der Waals surface area contributed by atoms with Crippen molar-refractivity contribution in [3.63, 3.8) is 0 Å². The minimum Gasteiger partial charge on any atom is -0.372 e. The molecule has 1 heterocycles. The molecule has 0 saturated carbocycles. The van der Waals surface area contributed by atoms with Gasteiger partial charge in [0.05, 0.1) is 12.7 Å². The zero-order chi connectivity index (χ0) is 15.0. The lowest BCUT2D eigenvalue weighted by molar-refractivity contribution is 0.0337. The Kier molecular flexibility index (Phi) is 13.1. The topological polar surface area (TPSA) is 9.23 Å². The van der Waals surface area contributed by atoms with Crippen molar-refractivity contribution in [3.8, 4) is 0 Å². The van der Waals surface area contributed by atoms with Gasteiger partial charge in [0.25, 0.3) is 0 Å². The normalized spacial score (nSPS) is 15.7. The molecule has 0 N–H and O–H groups in total. The average Bonchev–Trinajstić information content (AvgIpc) is 2.45. The summed E-state index contributed by atoms with van der Waals surface area (Å²) in [5.74, 6) is 0. The summed E-state index contributed by atoms with van der Waals surface area (Å²) >= 11 is 0. The fraction of sp³-hybridized carbons (Fsp3) is 0.850. The Morgan fingerprint density at radius 2 is 1.29 bits per heavy atom. The summed E-state index contributed by atoms with van der Waals surface area (Å²) in [7, 11) is 0. The Morgan fingerprint density at radius 1 is 0.762 bits per heavy atom. The molecule has 0 amide bonds. The third-order valence-electron chi connectivity index (χ3n) is 4.40. The summed E-state index contributed by atoms with van der Waals surface area (Å²) in [6.45, 7) is 3.25. The third-order valence-corrected chi connectivity index (χ3v) is 4.40. The van der Waals surface area contributed by atoms with Gasteiger partial charge in [-0.2, -0.15) is 0 Å². The van der Waals surface area contributed by atoms with Crippen molar-refractivity contribution < 1.29 is 4.74 Å². The van der Waals surface area contributed by atoms with Crippen molar-refractivity contribution in [2.24, 2.45) is 0 Å². The average molecular weight is 294 g/mol. The van der Waals surface area contributed by atoms with E-state index >= 15 is 0 Å². The van der Waals surface area contributed by atoms with Gasteiger partial charge in [0.15, 0.2) is 0 Å². The van der Waals surface area contributed by atoms with Crippen LogP contribution in [-0.2, 0) is 4.74 Å². The lowest BCUT2D eigenvalue weighted by Gasteiger charge is -2.24. The van der Waals surface area contributed by atoms with Crippen molar-refractivity contribution in [1.82, 2.24) is 0 Å². The van der Waals surface area contributed by atoms with E-state index in [0.717, 1.165) is 6.61 Å². The Hall–Kier alpha value is -0.300. The summed E-state index contributed by atoms with van der Waals surface area (Å²) in [6.07, 6.45) is 26.6. The largest absolute Gasteiger partial charge is 0.372 e. The van der Waals surface area contributed by atoms with E-state index in [9.17, 15) is 0 Å². The van der Waals surface area contributed by atoms with Gasteiger partial charge in [-0.25, -0.2) is 0 Å². The standard InChI is InChI=1S/C20H37O/c1-2-3-4-5-6-7-8-9-10-11-12-13-14-15-16-17-20-18-19-21-20/h9-10H,2-8,11-19H2,1H3/b10-9-. The van der Waals surface area contributed by atoms with Crippen LogP contribution in [0, 0.1) is 6.10 Å². The Balaban J connectivity index is 1.68. The van der Waals surface area contributed by atoms with Crippen LogP contribution in [0.4, 0.5) is 0 Å². The van der Waals surface area contributed by atoms with E-state index in [4.69, 9.17) is 4.74 Å². The van der Waals surface area contributed by atoms with Gasteiger partial charge in [0, 0.05) is 6.42 Å². The summed E-state index contributed by atoms with van der Waals surface area (Å²) in [5, 5.41) is 0. The van der Waals surface area contributed by atoms with Gasteiger partial charge >= 0.3 is 0 Å². The molecule has 0 aromatic rings. The van der Waals surface area contributed by atoms with Crippen LogP contribution in [0.5, 0.6) is 0 Å². The summed E-state index contributed by atoms with van der Waals surface area (Å²) in [4.78, 5) is 0. The minimum absolute atomic E-state index is 0.973. The third kappa shape index (κ3) is 12.0. The zero-order valence-corrected chi connectivity index (χ0v) is 14.4. The maximum atomic E-state index is 5.36. The van der Waals surface area contributed by atoms with Crippen molar-refractivity contribution in [2.45, 2.75) is 103 Å². The molecule has 1 rings (SSSR count). The second-order valence-corrected chi connectivity index (χ2v) is 6.47. The van der Waals surface area contributed by atoms with Gasteiger partial charge in [-0.3, -0.25) is 0 Å². The first-order valence-electron chi connectivity index (χ1n) is 9.56. The molecule has 21 heavy (non-hydrogen) atoms. The van der Waals surface area contributed by atoms with Gasteiger partial charge in [-0.1, -0.05) is 76.9 Å². The minimum atomic E-state index is 0.973. The van der Waals surface area contributed by atoms with Crippen LogP contribution in [-0.4, -0.2) is 6.61 Å². The number of unbranched alkanes of at least 4 members (excludes halogenated alkanes) is 11. The van der Waals surface area contributed by atoms with Crippen LogP contribution in [0.25, 0.3) is 0 Å². The van der Waals surface area contributed by atoms with Gasteiger partial charge in [-0.15, -0.1) is 0 Å². The molecule has 1 fully saturated rings. The molecule has 0 aliphatic carbocycles. The smallest absolute Gasteiger partial charge is 0.0993 e. The first kappa shape index (κ1) is 18.7. The van der Waals surface area contributed by atoms with E-state index in [1.165, 1.54) is 102 Å². The summed E-state index contributed by atoms with van der Waals surface area (Å²) in [6, 6.07) is 0. The molecule has 1 aliphatic rings. The van der Waals surface area contributed by atoms with E-state index in [1.807, 2.05) is 0 Å². The highest BCUT2D eigenvalue weighted by Gasteiger charge is 2.17. The van der Waals surface area contributed by atoms with Crippen molar-refractivity contribution in [2.75, 3.05) is 6.61 Å². The van der Waals surface area contributed by atoms with Crippen molar-refractivity contribution in [1.29, 1.82) is 0 Å². The lowest BCUT2D eigenvalue weighted by atomic mass is 10.0. The monoisotopic (exact) mass is 293 g/mol. The molecule has 1 radical (unpaired) electrons. The van der Waals surface area contributed by atoms with Crippen LogP contribution in [0.2, 0.25) is 0 Å². The fourth-order valence-electron chi connectivity index (χ4n) is 2.84. The molecule has 0 spiro atoms. The molecule has 0 unspecified atom stereocenters. The van der Waals surface area contributed by atoms with Crippen LogP contribution in [0.3, 0.4) is 0 Å². The maximum absolute atomic E-state index is 5.36. The SMILES string of the molecule is CCCCCCCC/C=C\CCCCCCC[C]1CCO1. The van der Waals surface area contributed by atoms with Gasteiger partial charge < -0.3 is 4.74 Å². The molecule has 0 aromatic carbocycles. The van der Waals surface area contributed by atoms with E-state index < -0.39 is 0 Å².